The minimum atomic E-state index is -3.77. The highest BCUT2D eigenvalue weighted by atomic mass is 32.2. The van der Waals surface area contributed by atoms with Gasteiger partial charge in [0, 0.05) is 44.0 Å². The molecule has 4 aromatic rings. The van der Waals surface area contributed by atoms with Gasteiger partial charge in [-0.05, 0) is 48.9 Å². The van der Waals surface area contributed by atoms with Crippen molar-refractivity contribution in [2.24, 2.45) is 0 Å². The highest BCUT2D eigenvalue weighted by molar-refractivity contribution is 7.89. The van der Waals surface area contributed by atoms with Gasteiger partial charge in [-0.15, -0.1) is 0 Å². The molecule has 3 heterocycles. The molecule has 0 N–H and O–H groups in total. The largest absolute Gasteiger partial charge is 0.335 e. The second kappa shape index (κ2) is 8.62. The van der Waals surface area contributed by atoms with E-state index in [2.05, 4.69) is 10.1 Å². The van der Waals surface area contributed by atoms with Crippen LogP contribution in [0.1, 0.15) is 16.1 Å². The Hall–Kier alpha value is -3.63. The van der Waals surface area contributed by atoms with Crippen LogP contribution < -0.4 is 0 Å². The van der Waals surface area contributed by atoms with Crippen molar-refractivity contribution in [3.63, 3.8) is 0 Å². The van der Waals surface area contributed by atoms with Gasteiger partial charge in [0.2, 0.25) is 10.0 Å². The molecule has 10 heteroatoms. The maximum absolute atomic E-state index is 13.5. The fourth-order valence-corrected chi connectivity index (χ4v) is 5.67. The Kier molecular flexibility index (Phi) is 5.62. The van der Waals surface area contributed by atoms with Gasteiger partial charge in [0.15, 0.2) is 5.69 Å². The Morgan fingerprint density at radius 1 is 1.00 bits per heavy atom. The highest BCUT2D eigenvalue weighted by Crippen LogP contribution is 2.26. The number of pyridine rings is 1. The van der Waals surface area contributed by atoms with E-state index in [4.69, 9.17) is 0 Å². The topological polar surface area (TPSA) is 88.4 Å². The second-order valence-corrected chi connectivity index (χ2v) is 10.1. The van der Waals surface area contributed by atoms with Gasteiger partial charge in [0.1, 0.15) is 10.7 Å². The molecule has 0 saturated carbocycles. The SMILES string of the molecule is Cc1cnc2c(S(=O)(=O)N3CCN(C(=O)c4ccn(-c5cccc(F)c5)n4)CC3)cccc2c1. The number of aromatic nitrogens is 3. The number of rotatable bonds is 4. The van der Waals surface area contributed by atoms with Crippen LogP contribution in [-0.4, -0.2) is 64.5 Å². The summed E-state index contributed by atoms with van der Waals surface area (Å²) in [6.07, 6.45) is 3.25. The first-order valence-corrected chi connectivity index (χ1v) is 12.2. The predicted octanol–water partition coefficient (Wildman–Crippen LogP) is 3.01. The summed E-state index contributed by atoms with van der Waals surface area (Å²) in [5.41, 5.74) is 2.12. The van der Waals surface area contributed by atoms with Gasteiger partial charge < -0.3 is 4.90 Å². The number of halogens is 1. The molecule has 34 heavy (non-hydrogen) atoms. The average Bonchev–Trinajstić information content (AvgIpc) is 3.33. The predicted molar refractivity (Wildman–Crippen MR) is 125 cm³/mol. The molecule has 2 aromatic heterocycles. The molecule has 1 amide bonds. The van der Waals surface area contributed by atoms with Crippen LogP contribution in [0.2, 0.25) is 0 Å². The molecule has 8 nitrogen and oxygen atoms in total. The van der Waals surface area contributed by atoms with Crippen molar-refractivity contribution in [3.8, 4) is 5.69 Å². The summed E-state index contributed by atoms with van der Waals surface area (Å²) in [5.74, 6) is -0.691. The highest BCUT2D eigenvalue weighted by Gasteiger charge is 2.32. The lowest BCUT2D eigenvalue weighted by molar-refractivity contribution is 0.0691. The van der Waals surface area contributed by atoms with E-state index in [1.165, 1.54) is 21.1 Å². The smallest absolute Gasteiger partial charge is 0.274 e. The summed E-state index contributed by atoms with van der Waals surface area (Å²) in [6.45, 7) is 2.72. The Morgan fingerprint density at radius 2 is 1.76 bits per heavy atom. The number of hydrogen-bond acceptors (Lipinski definition) is 5. The third-order valence-corrected chi connectivity index (χ3v) is 7.77. The zero-order chi connectivity index (χ0) is 23.9. The van der Waals surface area contributed by atoms with Crippen LogP contribution >= 0.6 is 0 Å². The first-order chi connectivity index (χ1) is 16.3. The number of carbonyl (C=O) groups is 1. The Bertz CT molecular complexity index is 1490. The minimum absolute atomic E-state index is 0.165. The average molecular weight is 480 g/mol. The van der Waals surface area contributed by atoms with Crippen LogP contribution in [0.15, 0.2) is 71.9 Å². The van der Waals surface area contributed by atoms with Crippen LogP contribution in [0.3, 0.4) is 0 Å². The number of sulfonamides is 1. The lowest BCUT2D eigenvalue weighted by Gasteiger charge is -2.33. The van der Waals surface area contributed by atoms with Crippen LogP contribution in [0.4, 0.5) is 4.39 Å². The Labute approximate surface area is 196 Å². The molecule has 1 fully saturated rings. The fraction of sp³-hybridized carbons (Fsp3) is 0.208. The molecule has 1 aliphatic heterocycles. The summed E-state index contributed by atoms with van der Waals surface area (Å²) in [5, 5.41) is 5.04. The zero-order valence-electron chi connectivity index (χ0n) is 18.4. The standard InChI is InChI=1S/C24H22FN5O3S/c1-17-14-18-4-2-7-22(23(18)26-16-17)34(32,33)29-12-10-28(11-13-29)24(31)21-8-9-30(27-21)20-6-3-5-19(25)15-20/h2-9,14-16H,10-13H2,1H3. The molecule has 0 unspecified atom stereocenters. The molecule has 5 rings (SSSR count). The van der Waals surface area contributed by atoms with E-state index in [-0.39, 0.29) is 42.7 Å². The van der Waals surface area contributed by atoms with Crippen molar-refractivity contribution in [1.82, 2.24) is 24.0 Å². The van der Waals surface area contributed by atoms with E-state index < -0.39 is 15.8 Å². The van der Waals surface area contributed by atoms with Crippen molar-refractivity contribution in [2.75, 3.05) is 26.2 Å². The van der Waals surface area contributed by atoms with E-state index in [1.54, 1.807) is 47.6 Å². The molecule has 2 aromatic carbocycles. The summed E-state index contributed by atoms with van der Waals surface area (Å²) >= 11 is 0. The van der Waals surface area contributed by atoms with Crippen molar-refractivity contribution in [3.05, 3.63) is 84.1 Å². The third-order valence-electron chi connectivity index (χ3n) is 5.84. The van der Waals surface area contributed by atoms with Crippen LogP contribution in [0.5, 0.6) is 0 Å². The minimum Gasteiger partial charge on any atom is -0.335 e. The molecule has 1 saturated heterocycles. The number of aryl methyl sites for hydroxylation is 1. The van der Waals surface area contributed by atoms with Crippen molar-refractivity contribution >= 4 is 26.8 Å². The summed E-state index contributed by atoms with van der Waals surface area (Å²) < 4.78 is 43.0. The fourth-order valence-electron chi connectivity index (χ4n) is 4.08. The van der Waals surface area contributed by atoms with Crippen molar-refractivity contribution in [2.45, 2.75) is 11.8 Å². The van der Waals surface area contributed by atoms with Gasteiger partial charge in [-0.3, -0.25) is 9.78 Å². The summed E-state index contributed by atoms with van der Waals surface area (Å²) in [6, 6.07) is 14.5. The number of fused-ring (bicyclic) bond motifs is 1. The summed E-state index contributed by atoms with van der Waals surface area (Å²) in [4.78, 5) is 19.0. The second-order valence-electron chi connectivity index (χ2n) is 8.16. The van der Waals surface area contributed by atoms with Gasteiger partial charge in [-0.25, -0.2) is 17.5 Å². The van der Waals surface area contributed by atoms with E-state index in [0.717, 1.165) is 10.9 Å². The van der Waals surface area contributed by atoms with E-state index >= 15 is 0 Å². The van der Waals surface area contributed by atoms with Gasteiger partial charge in [0.25, 0.3) is 5.91 Å². The maximum Gasteiger partial charge on any atom is 0.274 e. The molecule has 0 aliphatic carbocycles. The Morgan fingerprint density at radius 3 is 2.53 bits per heavy atom. The molecular weight excluding hydrogens is 457 g/mol. The molecule has 0 spiro atoms. The molecule has 0 bridgehead atoms. The number of benzene rings is 2. The quantitative estimate of drug-likeness (QED) is 0.449. The first-order valence-electron chi connectivity index (χ1n) is 10.8. The number of para-hydroxylation sites is 1. The number of piperazine rings is 1. The van der Waals surface area contributed by atoms with Crippen molar-refractivity contribution < 1.29 is 17.6 Å². The number of amides is 1. The molecule has 1 aliphatic rings. The molecular formula is C24H22FN5O3S. The number of hydrogen-bond donors (Lipinski definition) is 0. The lowest BCUT2D eigenvalue weighted by atomic mass is 10.2. The lowest BCUT2D eigenvalue weighted by Crippen LogP contribution is -2.50. The maximum atomic E-state index is 13.5. The Balaban J connectivity index is 1.31. The third kappa shape index (κ3) is 4.06. The van der Waals surface area contributed by atoms with E-state index in [9.17, 15) is 17.6 Å². The number of nitrogens with zero attached hydrogens (tertiary/aromatic N) is 5. The molecule has 174 valence electrons. The molecule has 0 radical (unpaired) electrons. The number of carbonyl (C=O) groups excluding carboxylic acids is 1. The monoisotopic (exact) mass is 479 g/mol. The van der Waals surface area contributed by atoms with Crippen LogP contribution in [-0.2, 0) is 10.0 Å². The van der Waals surface area contributed by atoms with Gasteiger partial charge in [-0.1, -0.05) is 18.2 Å². The normalized spacial score (nSPS) is 15.1. The van der Waals surface area contributed by atoms with Gasteiger partial charge in [0.05, 0.1) is 11.2 Å². The van der Waals surface area contributed by atoms with Crippen LogP contribution in [0.25, 0.3) is 16.6 Å². The van der Waals surface area contributed by atoms with E-state index in [0.29, 0.717) is 11.2 Å². The van der Waals surface area contributed by atoms with Gasteiger partial charge >= 0.3 is 0 Å². The van der Waals surface area contributed by atoms with Crippen LogP contribution in [0, 0.1) is 12.7 Å². The van der Waals surface area contributed by atoms with E-state index in [1.807, 2.05) is 19.1 Å². The summed E-state index contributed by atoms with van der Waals surface area (Å²) in [7, 11) is -3.77. The first kappa shape index (κ1) is 22.2. The zero-order valence-corrected chi connectivity index (χ0v) is 19.2. The molecule has 0 atom stereocenters. The van der Waals surface area contributed by atoms with Crippen molar-refractivity contribution in [1.29, 1.82) is 0 Å². The van der Waals surface area contributed by atoms with Gasteiger partial charge in [-0.2, -0.15) is 9.40 Å².